The van der Waals surface area contributed by atoms with Crippen molar-refractivity contribution in [3.63, 3.8) is 0 Å². The van der Waals surface area contributed by atoms with Gasteiger partial charge in [0.2, 0.25) is 0 Å². The van der Waals surface area contributed by atoms with Crippen LogP contribution in [0.4, 0.5) is 0 Å². The Balaban J connectivity index is 1.57. The predicted molar refractivity (Wildman–Crippen MR) is 141 cm³/mol. The summed E-state index contributed by atoms with van der Waals surface area (Å²) in [6, 6.07) is 0. The van der Waals surface area contributed by atoms with Gasteiger partial charge in [-0.05, 0) is 93.3 Å². The number of hydrogen-bond acceptors (Lipinski definition) is 5. The fourth-order valence-corrected chi connectivity index (χ4v) is 10.7. The number of hydrogen-bond donors (Lipinski definition) is 4. The smallest absolute Gasteiger partial charge is 0.0865 e. The van der Waals surface area contributed by atoms with Crippen molar-refractivity contribution in [3.8, 4) is 0 Å². The van der Waals surface area contributed by atoms with Crippen molar-refractivity contribution in [3.05, 3.63) is 11.6 Å². The Kier molecular flexibility index (Phi) is 5.72. The molecule has 206 valence electrons. The maximum atomic E-state index is 11.9. The summed E-state index contributed by atoms with van der Waals surface area (Å²) in [6.07, 6.45) is 6.32. The Morgan fingerprint density at radius 3 is 2.11 bits per heavy atom. The maximum Gasteiger partial charge on any atom is 0.0865 e. The largest absolute Gasteiger partial charge is 0.393 e. The molecule has 5 heteroatoms. The minimum atomic E-state index is -0.907. The third-order valence-electron chi connectivity index (χ3n) is 13.7. The summed E-state index contributed by atoms with van der Waals surface area (Å²) in [7, 11) is 0. The highest BCUT2D eigenvalue weighted by atomic mass is 16.5. The Bertz CT molecular complexity index is 951. The van der Waals surface area contributed by atoms with Crippen molar-refractivity contribution < 1.29 is 25.2 Å². The van der Waals surface area contributed by atoms with E-state index in [1.165, 1.54) is 5.57 Å². The Morgan fingerprint density at radius 2 is 1.53 bits per heavy atom. The summed E-state index contributed by atoms with van der Waals surface area (Å²) < 4.78 is 6.64. The van der Waals surface area contributed by atoms with E-state index in [4.69, 9.17) is 4.74 Å². The SMILES string of the molecule is CC(C)(O)[C@H]1CC[C@](C)([C@H]2[C@@H](O)C[C@@]3(C)[C@@H]4C[C@H](O)[C@@]5(C)C(C)(C)[C@@H](O)CC[C@]5(C)C4=CC[C@]23C)O1. The van der Waals surface area contributed by atoms with Gasteiger partial charge >= 0.3 is 0 Å². The summed E-state index contributed by atoms with van der Waals surface area (Å²) in [5.41, 5.74) is -1.34. The van der Waals surface area contributed by atoms with Crippen LogP contribution < -0.4 is 0 Å². The number of aliphatic hydroxyl groups excluding tert-OH is 3. The number of rotatable bonds is 2. The predicted octanol–water partition coefficient (Wildman–Crippen LogP) is 4.99. The molecule has 0 radical (unpaired) electrons. The maximum absolute atomic E-state index is 11.9. The van der Waals surface area contributed by atoms with Crippen molar-refractivity contribution in [2.24, 2.45) is 38.9 Å². The zero-order valence-electron chi connectivity index (χ0n) is 24.2. The summed E-state index contributed by atoms with van der Waals surface area (Å²) in [4.78, 5) is 0. The molecule has 1 heterocycles. The zero-order chi connectivity index (χ0) is 26.9. The van der Waals surface area contributed by atoms with Gasteiger partial charge in [-0.25, -0.2) is 0 Å². The van der Waals surface area contributed by atoms with E-state index in [0.29, 0.717) is 12.8 Å². The fourth-order valence-electron chi connectivity index (χ4n) is 10.7. The summed E-state index contributed by atoms with van der Waals surface area (Å²) in [5, 5.41) is 45.3. The van der Waals surface area contributed by atoms with E-state index in [1.54, 1.807) is 0 Å². The van der Waals surface area contributed by atoms with Crippen molar-refractivity contribution in [2.75, 3.05) is 0 Å². The molecule has 1 saturated heterocycles. The average Bonchev–Trinajstić information content (AvgIpc) is 3.24. The lowest BCUT2D eigenvalue weighted by Gasteiger charge is -2.70. The van der Waals surface area contributed by atoms with Gasteiger partial charge in [-0.2, -0.15) is 0 Å². The molecule has 36 heavy (non-hydrogen) atoms. The molecule has 0 aromatic carbocycles. The van der Waals surface area contributed by atoms with Gasteiger partial charge in [0.15, 0.2) is 0 Å². The molecule has 5 rings (SSSR count). The first-order valence-electron chi connectivity index (χ1n) is 14.4. The molecule has 4 fully saturated rings. The molecule has 0 unspecified atom stereocenters. The first-order valence-corrected chi connectivity index (χ1v) is 14.4. The van der Waals surface area contributed by atoms with Crippen molar-refractivity contribution in [1.29, 1.82) is 0 Å². The van der Waals surface area contributed by atoms with Gasteiger partial charge in [0.25, 0.3) is 0 Å². The summed E-state index contributed by atoms with van der Waals surface area (Å²) in [6.45, 7) is 19.3. The van der Waals surface area contributed by atoms with Crippen LogP contribution in [0.25, 0.3) is 0 Å². The normalized spacial score (nSPS) is 56.5. The van der Waals surface area contributed by atoms with E-state index < -0.39 is 40.3 Å². The van der Waals surface area contributed by atoms with E-state index in [-0.39, 0.29) is 34.2 Å². The molecule has 5 nitrogen and oxygen atoms in total. The number of ether oxygens (including phenoxy) is 1. The van der Waals surface area contributed by atoms with Crippen LogP contribution in [0.15, 0.2) is 11.6 Å². The number of aliphatic hydroxyl groups is 4. The van der Waals surface area contributed by atoms with Crippen LogP contribution >= 0.6 is 0 Å². The molecule has 1 aliphatic heterocycles. The van der Waals surface area contributed by atoms with Crippen LogP contribution in [0.2, 0.25) is 0 Å². The quantitative estimate of drug-likeness (QED) is 0.398. The van der Waals surface area contributed by atoms with Crippen LogP contribution in [-0.2, 0) is 4.74 Å². The third kappa shape index (κ3) is 3.01. The van der Waals surface area contributed by atoms with Crippen LogP contribution in [-0.4, -0.2) is 56.0 Å². The van der Waals surface area contributed by atoms with Crippen LogP contribution in [0.5, 0.6) is 0 Å². The van der Waals surface area contributed by atoms with Gasteiger partial charge in [-0.3, -0.25) is 0 Å². The first kappa shape index (κ1) is 27.1. The molecule has 0 bridgehead atoms. The number of allylic oxidation sites excluding steroid dienone is 2. The second kappa shape index (κ2) is 7.59. The topological polar surface area (TPSA) is 90.2 Å². The molecule has 11 atom stereocenters. The standard InChI is InChI=1S/C31H52O5/c1-25(2)21(33)11-14-27(5)18-10-13-28(6)24(30(8)15-12-23(36-30)26(3,4)35)20(32)17-29(28,7)19(18)16-22(34)31(25,27)9/h10,19-24,32-35H,11-17H2,1-9H3/t19-,20+,21+,22+,23-,24+,27-,28-,29+,30-,31+/m1/s1. The van der Waals surface area contributed by atoms with Crippen molar-refractivity contribution >= 4 is 0 Å². The highest BCUT2D eigenvalue weighted by Gasteiger charge is 2.73. The minimum Gasteiger partial charge on any atom is -0.393 e. The van der Waals surface area contributed by atoms with Crippen LogP contribution in [0.3, 0.4) is 0 Å². The molecular formula is C31H52O5. The lowest BCUT2D eigenvalue weighted by atomic mass is 9.35. The van der Waals surface area contributed by atoms with Crippen molar-refractivity contribution in [2.45, 2.75) is 143 Å². The summed E-state index contributed by atoms with van der Waals surface area (Å²) >= 11 is 0. The second-order valence-corrected chi connectivity index (χ2v) is 15.7. The molecule has 4 aliphatic carbocycles. The fraction of sp³-hybridized carbons (Fsp3) is 0.935. The van der Waals surface area contributed by atoms with E-state index in [9.17, 15) is 20.4 Å². The second-order valence-electron chi connectivity index (χ2n) is 15.7. The van der Waals surface area contributed by atoms with Crippen LogP contribution in [0, 0.1) is 38.9 Å². The lowest BCUT2D eigenvalue weighted by Crippen LogP contribution is -2.68. The molecule has 0 aromatic rings. The van der Waals surface area contributed by atoms with Gasteiger partial charge in [-0.15, -0.1) is 0 Å². The highest BCUT2D eigenvalue weighted by Crippen LogP contribution is 2.76. The summed E-state index contributed by atoms with van der Waals surface area (Å²) in [5.74, 6) is 0.146. The Hall–Kier alpha value is -0.460. The van der Waals surface area contributed by atoms with E-state index in [0.717, 1.165) is 32.1 Å². The first-order chi connectivity index (χ1) is 16.3. The Morgan fingerprint density at radius 1 is 0.889 bits per heavy atom. The van der Waals surface area contributed by atoms with E-state index in [1.807, 2.05) is 13.8 Å². The molecule has 5 aliphatic rings. The average molecular weight is 505 g/mol. The molecule has 4 N–H and O–H groups in total. The molecule has 0 aromatic heterocycles. The monoisotopic (exact) mass is 504 g/mol. The van der Waals surface area contributed by atoms with E-state index in [2.05, 4.69) is 54.5 Å². The van der Waals surface area contributed by atoms with Gasteiger partial charge in [0.05, 0.1) is 35.6 Å². The van der Waals surface area contributed by atoms with Gasteiger partial charge < -0.3 is 25.2 Å². The number of fused-ring (bicyclic) bond motifs is 5. The van der Waals surface area contributed by atoms with Gasteiger partial charge in [0.1, 0.15) is 0 Å². The van der Waals surface area contributed by atoms with Crippen LogP contribution in [0.1, 0.15) is 107 Å². The molecule has 0 spiro atoms. The van der Waals surface area contributed by atoms with Gasteiger partial charge in [-0.1, -0.05) is 53.2 Å². The van der Waals surface area contributed by atoms with E-state index >= 15 is 0 Å². The lowest BCUT2D eigenvalue weighted by molar-refractivity contribution is -0.227. The van der Waals surface area contributed by atoms with Crippen molar-refractivity contribution in [1.82, 2.24) is 0 Å². The van der Waals surface area contributed by atoms with Gasteiger partial charge in [0, 0.05) is 11.3 Å². The third-order valence-corrected chi connectivity index (χ3v) is 13.7. The zero-order valence-corrected chi connectivity index (χ0v) is 24.2. The molecule has 3 saturated carbocycles. The Labute approximate surface area is 218 Å². The molecule has 0 amide bonds. The molecular weight excluding hydrogens is 452 g/mol. The minimum absolute atomic E-state index is 0.0389. The highest BCUT2D eigenvalue weighted by molar-refractivity contribution is 5.37.